The van der Waals surface area contributed by atoms with Crippen LogP contribution in [0.1, 0.15) is 5.69 Å². The van der Waals surface area contributed by atoms with E-state index in [0.717, 1.165) is 11.3 Å². The molecule has 0 atom stereocenters. The minimum Gasteiger partial charge on any atom is -0.508 e. The van der Waals surface area contributed by atoms with E-state index in [1.54, 1.807) is 30.3 Å². The molecule has 0 fully saturated rings. The van der Waals surface area contributed by atoms with Crippen molar-refractivity contribution in [1.82, 2.24) is 9.97 Å². The van der Waals surface area contributed by atoms with Crippen molar-refractivity contribution in [3.05, 3.63) is 36.0 Å². The number of nitrogens with zero attached hydrogens (tertiary/aromatic N) is 2. The second kappa shape index (κ2) is 4.16. The number of nitrogen functional groups attached to an aromatic ring is 1. The van der Waals surface area contributed by atoms with Crippen molar-refractivity contribution in [2.75, 3.05) is 5.43 Å². The number of anilines is 1. The van der Waals surface area contributed by atoms with Gasteiger partial charge in [-0.3, -0.25) is 0 Å². The molecule has 1 heterocycles. The van der Waals surface area contributed by atoms with Crippen molar-refractivity contribution in [2.24, 2.45) is 5.84 Å². The van der Waals surface area contributed by atoms with Gasteiger partial charge in [-0.05, 0) is 31.2 Å². The van der Waals surface area contributed by atoms with E-state index in [1.807, 2.05) is 6.92 Å². The average Bonchev–Trinajstić information content (AvgIpc) is 2.29. The highest BCUT2D eigenvalue weighted by atomic mass is 16.3. The molecular formula is C11H12N4O. The largest absolute Gasteiger partial charge is 0.508 e. The van der Waals surface area contributed by atoms with Crippen LogP contribution in [-0.2, 0) is 0 Å². The van der Waals surface area contributed by atoms with Gasteiger partial charge in [-0.2, -0.15) is 0 Å². The lowest BCUT2D eigenvalue weighted by molar-refractivity contribution is 0.475. The third-order valence-electron chi connectivity index (χ3n) is 2.13. The van der Waals surface area contributed by atoms with Crippen LogP contribution >= 0.6 is 0 Å². The van der Waals surface area contributed by atoms with Gasteiger partial charge >= 0.3 is 0 Å². The summed E-state index contributed by atoms with van der Waals surface area (Å²) in [6.07, 6.45) is 0. The number of rotatable bonds is 2. The normalized spacial score (nSPS) is 10.1. The van der Waals surface area contributed by atoms with Crippen LogP contribution in [0.4, 0.5) is 5.82 Å². The highest BCUT2D eigenvalue weighted by Gasteiger charge is 2.04. The van der Waals surface area contributed by atoms with E-state index in [1.165, 1.54) is 0 Å². The van der Waals surface area contributed by atoms with Crippen molar-refractivity contribution in [2.45, 2.75) is 6.92 Å². The van der Waals surface area contributed by atoms with Gasteiger partial charge in [0.05, 0.1) is 0 Å². The van der Waals surface area contributed by atoms with Crippen molar-refractivity contribution >= 4 is 5.82 Å². The Kier molecular flexibility index (Phi) is 2.70. The number of phenolic OH excluding ortho intramolecular Hbond substituents is 1. The minimum absolute atomic E-state index is 0.216. The first-order valence-electron chi connectivity index (χ1n) is 4.81. The van der Waals surface area contributed by atoms with Gasteiger partial charge < -0.3 is 10.5 Å². The molecule has 5 nitrogen and oxygen atoms in total. The molecular weight excluding hydrogens is 204 g/mol. The molecule has 0 spiro atoms. The van der Waals surface area contributed by atoms with E-state index in [9.17, 15) is 5.11 Å². The van der Waals surface area contributed by atoms with Gasteiger partial charge in [-0.15, -0.1) is 0 Å². The Morgan fingerprint density at radius 1 is 1.19 bits per heavy atom. The van der Waals surface area contributed by atoms with E-state index in [4.69, 9.17) is 5.84 Å². The smallest absolute Gasteiger partial charge is 0.161 e. The molecule has 82 valence electrons. The lowest BCUT2D eigenvalue weighted by Gasteiger charge is -2.05. The quantitative estimate of drug-likeness (QED) is 0.522. The standard InChI is InChI=1S/C11H12N4O/c1-7-6-10(15-12)14-11(13-7)8-2-4-9(16)5-3-8/h2-6,16H,12H2,1H3,(H,13,14,15). The summed E-state index contributed by atoms with van der Waals surface area (Å²) >= 11 is 0. The maximum atomic E-state index is 9.19. The number of phenols is 1. The van der Waals surface area contributed by atoms with Crippen LogP contribution in [0.5, 0.6) is 5.75 Å². The Bertz CT molecular complexity index is 496. The molecule has 2 rings (SSSR count). The zero-order valence-electron chi connectivity index (χ0n) is 8.81. The van der Waals surface area contributed by atoms with Gasteiger partial charge in [0.25, 0.3) is 0 Å². The summed E-state index contributed by atoms with van der Waals surface area (Å²) in [4.78, 5) is 8.52. The van der Waals surface area contributed by atoms with Crippen LogP contribution in [0.2, 0.25) is 0 Å². The fraction of sp³-hybridized carbons (Fsp3) is 0.0909. The second-order valence-corrected chi connectivity index (χ2v) is 3.41. The van der Waals surface area contributed by atoms with Gasteiger partial charge in [-0.25, -0.2) is 15.8 Å². The Hall–Kier alpha value is -2.14. The molecule has 0 aliphatic carbocycles. The Morgan fingerprint density at radius 2 is 1.88 bits per heavy atom. The Balaban J connectivity index is 2.47. The lowest BCUT2D eigenvalue weighted by atomic mass is 10.2. The van der Waals surface area contributed by atoms with E-state index in [-0.39, 0.29) is 5.75 Å². The predicted octanol–water partition coefficient (Wildman–Crippen LogP) is 1.44. The van der Waals surface area contributed by atoms with E-state index >= 15 is 0 Å². The molecule has 0 saturated heterocycles. The molecule has 16 heavy (non-hydrogen) atoms. The van der Waals surface area contributed by atoms with Crippen molar-refractivity contribution < 1.29 is 5.11 Å². The fourth-order valence-electron chi connectivity index (χ4n) is 1.38. The van der Waals surface area contributed by atoms with Crippen LogP contribution in [0, 0.1) is 6.92 Å². The molecule has 0 aliphatic heterocycles. The molecule has 2 aromatic rings. The van der Waals surface area contributed by atoms with Crippen LogP contribution in [-0.4, -0.2) is 15.1 Å². The summed E-state index contributed by atoms with van der Waals surface area (Å²) in [7, 11) is 0. The summed E-state index contributed by atoms with van der Waals surface area (Å²) in [6.45, 7) is 1.87. The molecule has 0 radical (unpaired) electrons. The van der Waals surface area contributed by atoms with Gasteiger partial charge in [0.15, 0.2) is 5.82 Å². The third-order valence-corrected chi connectivity index (χ3v) is 2.13. The topological polar surface area (TPSA) is 84.1 Å². The number of hydrogen-bond acceptors (Lipinski definition) is 5. The first kappa shape index (κ1) is 10.4. The maximum Gasteiger partial charge on any atom is 0.161 e. The van der Waals surface area contributed by atoms with Gasteiger partial charge in [-0.1, -0.05) is 0 Å². The number of aromatic hydroxyl groups is 1. The number of aryl methyl sites for hydroxylation is 1. The van der Waals surface area contributed by atoms with E-state index in [0.29, 0.717) is 11.6 Å². The molecule has 0 saturated carbocycles. The van der Waals surface area contributed by atoms with Crippen molar-refractivity contribution in [3.63, 3.8) is 0 Å². The van der Waals surface area contributed by atoms with E-state index < -0.39 is 0 Å². The number of nitrogens with two attached hydrogens (primary N) is 1. The number of benzene rings is 1. The molecule has 0 amide bonds. The minimum atomic E-state index is 0.216. The zero-order chi connectivity index (χ0) is 11.5. The Morgan fingerprint density at radius 3 is 2.50 bits per heavy atom. The van der Waals surface area contributed by atoms with E-state index in [2.05, 4.69) is 15.4 Å². The number of hydrogen-bond donors (Lipinski definition) is 3. The van der Waals surface area contributed by atoms with Gasteiger partial charge in [0.1, 0.15) is 11.6 Å². The first-order valence-corrected chi connectivity index (χ1v) is 4.81. The van der Waals surface area contributed by atoms with Crippen LogP contribution < -0.4 is 11.3 Å². The summed E-state index contributed by atoms with van der Waals surface area (Å²) in [6, 6.07) is 8.45. The highest BCUT2D eigenvalue weighted by molar-refractivity contribution is 5.58. The monoisotopic (exact) mass is 216 g/mol. The SMILES string of the molecule is Cc1cc(NN)nc(-c2ccc(O)cc2)n1. The zero-order valence-corrected chi connectivity index (χ0v) is 8.81. The van der Waals surface area contributed by atoms with Gasteiger partial charge in [0, 0.05) is 17.3 Å². The molecule has 1 aromatic heterocycles. The molecule has 0 aliphatic rings. The summed E-state index contributed by atoms with van der Waals surface area (Å²) in [5.74, 6) is 6.67. The maximum absolute atomic E-state index is 9.19. The second-order valence-electron chi connectivity index (χ2n) is 3.41. The Labute approximate surface area is 92.9 Å². The molecule has 1 aromatic carbocycles. The highest BCUT2D eigenvalue weighted by Crippen LogP contribution is 2.20. The van der Waals surface area contributed by atoms with Crippen LogP contribution in [0.3, 0.4) is 0 Å². The summed E-state index contributed by atoms with van der Waals surface area (Å²) in [5.41, 5.74) is 4.15. The number of nitrogens with one attached hydrogen (secondary N) is 1. The molecule has 5 heteroatoms. The van der Waals surface area contributed by atoms with Crippen molar-refractivity contribution in [3.8, 4) is 17.1 Å². The van der Waals surface area contributed by atoms with Gasteiger partial charge in [0.2, 0.25) is 0 Å². The lowest BCUT2D eigenvalue weighted by Crippen LogP contribution is -2.09. The number of hydrazine groups is 1. The van der Waals surface area contributed by atoms with Crippen LogP contribution in [0.15, 0.2) is 30.3 Å². The van der Waals surface area contributed by atoms with Crippen molar-refractivity contribution in [1.29, 1.82) is 0 Å². The first-order chi connectivity index (χ1) is 7.69. The fourth-order valence-corrected chi connectivity index (χ4v) is 1.38. The predicted molar refractivity (Wildman–Crippen MR) is 61.7 cm³/mol. The molecule has 4 N–H and O–H groups in total. The molecule has 0 unspecified atom stereocenters. The molecule has 0 bridgehead atoms. The summed E-state index contributed by atoms with van der Waals surface area (Å²) < 4.78 is 0. The summed E-state index contributed by atoms with van der Waals surface area (Å²) in [5, 5.41) is 9.19. The number of aromatic nitrogens is 2. The van der Waals surface area contributed by atoms with Crippen LogP contribution in [0.25, 0.3) is 11.4 Å². The third kappa shape index (κ3) is 2.09. The average molecular weight is 216 g/mol.